The minimum atomic E-state index is 0.499. The number of aryl methyl sites for hydroxylation is 1. The fraction of sp³-hybridized carbons (Fsp3) is 0.526. The lowest BCUT2D eigenvalue weighted by Gasteiger charge is -2.17. The van der Waals surface area contributed by atoms with E-state index < -0.39 is 0 Å². The van der Waals surface area contributed by atoms with E-state index in [9.17, 15) is 0 Å². The smallest absolute Gasteiger partial charge is 0.203 e. The third-order valence-electron chi connectivity index (χ3n) is 4.06. The van der Waals surface area contributed by atoms with Crippen molar-refractivity contribution < 1.29 is 14.2 Å². The molecule has 1 unspecified atom stereocenters. The summed E-state index contributed by atoms with van der Waals surface area (Å²) in [6.07, 6.45) is 3.86. The Balaban J connectivity index is 1.94. The first kappa shape index (κ1) is 19.1. The van der Waals surface area contributed by atoms with Gasteiger partial charge in [0.1, 0.15) is 5.82 Å². The molecular weight excluding hydrogens is 318 g/mol. The zero-order chi connectivity index (χ0) is 18.2. The monoisotopic (exact) mass is 347 g/mol. The Morgan fingerprint density at radius 1 is 1.20 bits per heavy atom. The molecule has 0 amide bonds. The van der Waals surface area contributed by atoms with Gasteiger partial charge in [-0.25, -0.2) is 4.98 Å². The highest BCUT2D eigenvalue weighted by Crippen LogP contribution is 2.38. The molecule has 0 spiro atoms. The molecule has 1 N–H and O–H groups in total. The van der Waals surface area contributed by atoms with E-state index in [1.807, 2.05) is 38.4 Å². The average Bonchev–Trinajstić information content (AvgIpc) is 3.00. The van der Waals surface area contributed by atoms with Gasteiger partial charge in [0, 0.05) is 25.5 Å². The van der Waals surface area contributed by atoms with Crippen molar-refractivity contribution in [2.45, 2.75) is 33.9 Å². The number of imidazole rings is 1. The third kappa shape index (κ3) is 5.13. The molecule has 0 radical (unpaired) electrons. The molecule has 1 aromatic heterocycles. The van der Waals surface area contributed by atoms with Crippen molar-refractivity contribution >= 4 is 0 Å². The Labute approximate surface area is 150 Å². The quantitative estimate of drug-likeness (QED) is 0.716. The van der Waals surface area contributed by atoms with Crippen molar-refractivity contribution in [3.8, 4) is 17.2 Å². The summed E-state index contributed by atoms with van der Waals surface area (Å²) in [5.41, 5.74) is 1.10. The molecule has 0 saturated carbocycles. The number of ether oxygens (including phenoxy) is 3. The number of benzene rings is 1. The van der Waals surface area contributed by atoms with Crippen molar-refractivity contribution in [3.05, 3.63) is 35.9 Å². The van der Waals surface area contributed by atoms with Gasteiger partial charge < -0.3 is 24.1 Å². The molecule has 0 fully saturated rings. The molecule has 0 bridgehead atoms. The minimum absolute atomic E-state index is 0.499. The second-order valence-electron chi connectivity index (χ2n) is 6.13. The van der Waals surface area contributed by atoms with E-state index in [2.05, 4.69) is 21.8 Å². The first-order valence-electron chi connectivity index (χ1n) is 8.65. The fourth-order valence-corrected chi connectivity index (χ4v) is 2.78. The SMILES string of the molecule is CCOc1c(OC)cc(CNCC(C)Cn2ccnc2C)cc1OC. The van der Waals surface area contributed by atoms with E-state index in [1.54, 1.807) is 14.2 Å². The lowest BCUT2D eigenvalue weighted by atomic mass is 10.1. The van der Waals surface area contributed by atoms with Crippen LogP contribution in [0.1, 0.15) is 25.2 Å². The highest BCUT2D eigenvalue weighted by atomic mass is 16.5. The molecule has 1 aromatic carbocycles. The first-order chi connectivity index (χ1) is 12.1. The van der Waals surface area contributed by atoms with Gasteiger partial charge in [0.05, 0.1) is 20.8 Å². The Morgan fingerprint density at radius 3 is 2.40 bits per heavy atom. The van der Waals surface area contributed by atoms with Gasteiger partial charge in [0.15, 0.2) is 11.5 Å². The number of hydrogen-bond acceptors (Lipinski definition) is 5. The zero-order valence-corrected chi connectivity index (χ0v) is 15.8. The maximum Gasteiger partial charge on any atom is 0.203 e. The predicted molar refractivity (Wildman–Crippen MR) is 98.5 cm³/mol. The number of nitrogens with one attached hydrogen (secondary N) is 1. The molecule has 138 valence electrons. The molecule has 6 heteroatoms. The molecule has 2 rings (SSSR count). The van der Waals surface area contributed by atoms with Crippen molar-refractivity contribution in [1.82, 2.24) is 14.9 Å². The fourth-order valence-electron chi connectivity index (χ4n) is 2.78. The van der Waals surface area contributed by atoms with Crippen LogP contribution in [0.3, 0.4) is 0 Å². The summed E-state index contributed by atoms with van der Waals surface area (Å²) in [4.78, 5) is 4.26. The number of hydrogen-bond donors (Lipinski definition) is 1. The van der Waals surface area contributed by atoms with Gasteiger partial charge in [0.25, 0.3) is 0 Å². The van der Waals surface area contributed by atoms with E-state index in [4.69, 9.17) is 14.2 Å². The second kappa shape index (κ2) is 9.32. The highest BCUT2D eigenvalue weighted by Gasteiger charge is 2.14. The van der Waals surface area contributed by atoms with Crippen LogP contribution in [0.25, 0.3) is 0 Å². The van der Waals surface area contributed by atoms with Gasteiger partial charge in [-0.3, -0.25) is 0 Å². The normalized spacial score (nSPS) is 12.0. The largest absolute Gasteiger partial charge is 0.493 e. The molecule has 1 heterocycles. The lowest BCUT2D eigenvalue weighted by molar-refractivity contribution is 0.287. The Hall–Kier alpha value is -2.21. The minimum Gasteiger partial charge on any atom is -0.493 e. The van der Waals surface area contributed by atoms with Gasteiger partial charge in [-0.2, -0.15) is 0 Å². The van der Waals surface area contributed by atoms with E-state index in [1.165, 1.54) is 0 Å². The van der Waals surface area contributed by atoms with Crippen LogP contribution in [0.2, 0.25) is 0 Å². The highest BCUT2D eigenvalue weighted by molar-refractivity contribution is 5.53. The summed E-state index contributed by atoms with van der Waals surface area (Å²) in [5.74, 6) is 3.59. The summed E-state index contributed by atoms with van der Waals surface area (Å²) < 4.78 is 18.7. The number of nitrogens with zero attached hydrogens (tertiary/aromatic N) is 2. The van der Waals surface area contributed by atoms with Gasteiger partial charge in [-0.15, -0.1) is 0 Å². The van der Waals surface area contributed by atoms with Crippen LogP contribution in [-0.2, 0) is 13.1 Å². The molecule has 6 nitrogen and oxygen atoms in total. The Bertz CT molecular complexity index is 645. The summed E-state index contributed by atoms with van der Waals surface area (Å²) in [5, 5.41) is 3.50. The predicted octanol–water partition coefficient (Wildman–Crippen LogP) is 3.03. The van der Waals surface area contributed by atoms with Crippen LogP contribution in [0.4, 0.5) is 0 Å². The molecule has 2 aromatic rings. The molecule has 0 aliphatic heterocycles. The number of aromatic nitrogens is 2. The van der Waals surface area contributed by atoms with Gasteiger partial charge >= 0.3 is 0 Å². The van der Waals surface area contributed by atoms with Crippen molar-refractivity contribution in [2.24, 2.45) is 5.92 Å². The van der Waals surface area contributed by atoms with Crippen molar-refractivity contribution in [2.75, 3.05) is 27.4 Å². The average molecular weight is 347 g/mol. The van der Waals surface area contributed by atoms with E-state index in [0.717, 1.165) is 31.0 Å². The van der Waals surface area contributed by atoms with E-state index >= 15 is 0 Å². The van der Waals surface area contributed by atoms with Gasteiger partial charge in [0.2, 0.25) is 5.75 Å². The topological polar surface area (TPSA) is 57.5 Å². The standard InChI is InChI=1S/C19H29N3O3/c1-6-25-19-17(23-4)9-16(10-18(19)24-5)12-20-11-14(2)13-22-8-7-21-15(22)3/h7-10,14,20H,6,11-13H2,1-5H3. The Morgan fingerprint density at radius 2 is 1.88 bits per heavy atom. The maximum atomic E-state index is 5.64. The molecule has 0 saturated heterocycles. The molecule has 0 aliphatic rings. The molecular formula is C19H29N3O3. The van der Waals surface area contributed by atoms with Crippen molar-refractivity contribution in [3.63, 3.8) is 0 Å². The second-order valence-corrected chi connectivity index (χ2v) is 6.13. The van der Waals surface area contributed by atoms with Crippen LogP contribution in [0, 0.1) is 12.8 Å². The Kier molecular flexibility index (Phi) is 7.13. The first-order valence-corrected chi connectivity index (χ1v) is 8.65. The molecule has 1 atom stereocenters. The van der Waals surface area contributed by atoms with Crippen molar-refractivity contribution in [1.29, 1.82) is 0 Å². The van der Waals surface area contributed by atoms with Crippen LogP contribution in [-0.4, -0.2) is 36.9 Å². The van der Waals surface area contributed by atoms with Crippen LogP contribution in [0.5, 0.6) is 17.2 Å². The summed E-state index contributed by atoms with van der Waals surface area (Å²) >= 11 is 0. The molecule has 0 aliphatic carbocycles. The number of rotatable bonds is 10. The number of methoxy groups -OCH3 is 2. The lowest BCUT2D eigenvalue weighted by Crippen LogP contribution is -2.24. The summed E-state index contributed by atoms with van der Waals surface area (Å²) in [7, 11) is 3.29. The zero-order valence-electron chi connectivity index (χ0n) is 15.8. The summed E-state index contributed by atoms with van der Waals surface area (Å²) in [6, 6.07) is 3.98. The van der Waals surface area contributed by atoms with E-state index in [0.29, 0.717) is 29.8 Å². The maximum absolute atomic E-state index is 5.64. The van der Waals surface area contributed by atoms with Crippen LogP contribution >= 0.6 is 0 Å². The summed E-state index contributed by atoms with van der Waals surface area (Å²) in [6.45, 7) is 9.37. The van der Waals surface area contributed by atoms with Gasteiger partial charge in [-0.1, -0.05) is 6.92 Å². The molecule has 25 heavy (non-hydrogen) atoms. The third-order valence-corrected chi connectivity index (χ3v) is 4.06. The van der Waals surface area contributed by atoms with Crippen LogP contribution < -0.4 is 19.5 Å². The van der Waals surface area contributed by atoms with Gasteiger partial charge in [-0.05, 0) is 44.0 Å². The van der Waals surface area contributed by atoms with Crippen LogP contribution in [0.15, 0.2) is 24.5 Å². The van der Waals surface area contributed by atoms with E-state index in [-0.39, 0.29) is 0 Å².